The lowest BCUT2D eigenvalue weighted by Crippen LogP contribution is -1.98. The van der Waals surface area contributed by atoms with Crippen LogP contribution in [0.5, 0.6) is 0 Å². The van der Waals surface area contributed by atoms with Crippen LogP contribution in [0.2, 0.25) is 0 Å². The van der Waals surface area contributed by atoms with Crippen molar-refractivity contribution < 1.29 is 17.8 Å². The van der Waals surface area contributed by atoms with Gasteiger partial charge < -0.3 is 0 Å². The molecule has 0 aliphatic carbocycles. The number of hydrogen-bond donors (Lipinski definition) is 1. The molecule has 5 heteroatoms. The summed E-state index contributed by atoms with van der Waals surface area (Å²) < 4.78 is 30.8. The minimum atomic E-state index is -4.19. The molecular weight excluding hydrogens is 240 g/mol. The highest BCUT2D eigenvalue weighted by atomic mass is 32.2. The van der Waals surface area contributed by atoms with Crippen molar-refractivity contribution >= 4 is 26.7 Å². The second kappa shape index (κ2) is 3.94. The van der Waals surface area contributed by atoms with Gasteiger partial charge in [0.2, 0.25) is 0 Å². The second-order valence-electron chi connectivity index (χ2n) is 3.75. The Morgan fingerprint density at radius 1 is 1.06 bits per heavy atom. The number of rotatable bonds is 2. The number of Topliss-reactive ketones (excluding diaryl/α,β-unsaturated/α-hetero) is 1. The lowest BCUT2D eigenvalue weighted by molar-refractivity contribution is 0.101. The molecule has 0 saturated carbocycles. The van der Waals surface area contributed by atoms with Crippen LogP contribution in [0, 0.1) is 0 Å². The summed E-state index contributed by atoms with van der Waals surface area (Å²) in [4.78, 5) is 11.0. The molecular formula is C12H10O4S. The Labute approximate surface area is 98.6 Å². The second-order valence-corrected chi connectivity index (χ2v) is 5.18. The van der Waals surface area contributed by atoms with Gasteiger partial charge in [0, 0.05) is 5.56 Å². The van der Waals surface area contributed by atoms with Crippen molar-refractivity contribution in [2.24, 2.45) is 0 Å². The number of ketones is 1. The fourth-order valence-electron chi connectivity index (χ4n) is 1.60. The fraction of sp³-hybridized carbons (Fsp3) is 0.0833. The van der Waals surface area contributed by atoms with E-state index < -0.39 is 10.1 Å². The van der Waals surface area contributed by atoms with Gasteiger partial charge in [-0.25, -0.2) is 0 Å². The van der Waals surface area contributed by atoms with Crippen molar-refractivity contribution in [3.05, 3.63) is 42.0 Å². The van der Waals surface area contributed by atoms with Crippen LogP contribution in [0.15, 0.2) is 41.3 Å². The summed E-state index contributed by atoms with van der Waals surface area (Å²) in [5, 5.41) is 1.41. The fourth-order valence-corrected chi connectivity index (χ4v) is 2.12. The largest absolute Gasteiger partial charge is 0.295 e. The highest BCUT2D eigenvalue weighted by Gasteiger charge is 2.10. The minimum Gasteiger partial charge on any atom is -0.295 e. The van der Waals surface area contributed by atoms with E-state index in [0.717, 1.165) is 5.39 Å². The van der Waals surface area contributed by atoms with Gasteiger partial charge in [0.25, 0.3) is 10.1 Å². The zero-order chi connectivity index (χ0) is 12.6. The Balaban J connectivity index is 2.66. The Morgan fingerprint density at radius 2 is 1.65 bits per heavy atom. The monoisotopic (exact) mass is 250 g/mol. The third kappa shape index (κ3) is 2.35. The average Bonchev–Trinajstić information content (AvgIpc) is 2.26. The van der Waals surface area contributed by atoms with E-state index in [1.54, 1.807) is 24.3 Å². The number of hydrogen-bond acceptors (Lipinski definition) is 3. The van der Waals surface area contributed by atoms with Crippen LogP contribution in [0.1, 0.15) is 17.3 Å². The van der Waals surface area contributed by atoms with Crippen molar-refractivity contribution in [1.82, 2.24) is 0 Å². The summed E-state index contributed by atoms with van der Waals surface area (Å²) in [6, 6.07) is 9.20. The molecule has 0 aliphatic rings. The molecule has 0 spiro atoms. The van der Waals surface area contributed by atoms with Crippen molar-refractivity contribution in [2.75, 3.05) is 0 Å². The van der Waals surface area contributed by atoms with Crippen molar-refractivity contribution in [2.45, 2.75) is 11.8 Å². The molecule has 2 aromatic rings. The molecule has 88 valence electrons. The minimum absolute atomic E-state index is 0.0502. The Hall–Kier alpha value is -1.72. The number of benzene rings is 2. The van der Waals surface area contributed by atoms with Crippen molar-refractivity contribution in [3.8, 4) is 0 Å². The van der Waals surface area contributed by atoms with Gasteiger partial charge in [0.05, 0.1) is 4.90 Å². The van der Waals surface area contributed by atoms with Gasteiger partial charge in [0.1, 0.15) is 0 Å². The Bertz CT molecular complexity index is 702. The summed E-state index contributed by atoms with van der Waals surface area (Å²) >= 11 is 0. The lowest BCUT2D eigenvalue weighted by atomic mass is 10.1. The van der Waals surface area contributed by atoms with E-state index in [1.165, 1.54) is 19.1 Å². The third-order valence-electron chi connectivity index (χ3n) is 2.52. The van der Waals surface area contributed by atoms with Crippen LogP contribution >= 0.6 is 0 Å². The Morgan fingerprint density at radius 3 is 2.24 bits per heavy atom. The molecule has 0 saturated heterocycles. The standard InChI is InChI=1S/C12H10O4S/c1-8(13)9-2-3-11-7-12(17(14,15)16)5-4-10(11)6-9/h2-7H,1H3,(H,14,15,16). The first kappa shape index (κ1) is 11.8. The average molecular weight is 250 g/mol. The normalized spacial score (nSPS) is 11.6. The van der Waals surface area contributed by atoms with E-state index >= 15 is 0 Å². The molecule has 0 unspecified atom stereocenters. The van der Waals surface area contributed by atoms with Gasteiger partial charge in [-0.15, -0.1) is 0 Å². The summed E-state index contributed by atoms with van der Waals surface area (Å²) in [5.74, 6) is -0.0502. The summed E-state index contributed by atoms with van der Waals surface area (Å²) in [6.07, 6.45) is 0. The Kier molecular flexibility index (Phi) is 2.73. The predicted molar refractivity (Wildman–Crippen MR) is 63.8 cm³/mol. The van der Waals surface area contributed by atoms with Gasteiger partial charge >= 0.3 is 0 Å². The SMILES string of the molecule is CC(=O)c1ccc2cc(S(=O)(=O)O)ccc2c1. The summed E-state index contributed by atoms with van der Waals surface area (Å²) in [6.45, 7) is 1.47. The van der Waals surface area contributed by atoms with Crippen LogP contribution in [0.3, 0.4) is 0 Å². The van der Waals surface area contributed by atoms with Crippen LogP contribution in [-0.4, -0.2) is 18.8 Å². The molecule has 4 nitrogen and oxygen atoms in total. The van der Waals surface area contributed by atoms with E-state index in [0.29, 0.717) is 10.9 Å². The molecule has 0 atom stereocenters. The molecule has 17 heavy (non-hydrogen) atoms. The van der Waals surface area contributed by atoms with E-state index in [1.807, 2.05) is 0 Å². The summed E-state index contributed by atoms with van der Waals surface area (Å²) in [5.41, 5.74) is 0.567. The van der Waals surface area contributed by atoms with Gasteiger partial charge in [-0.3, -0.25) is 9.35 Å². The quantitative estimate of drug-likeness (QED) is 0.655. The molecule has 2 aromatic carbocycles. The molecule has 0 fully saturated rings. The maximum atomic E-state index is 11.2. The molecule has 0 aliphatic heterocycles. The third-order valence-corrected chi connectivity index (χ3v) is 3.37. The predicted octanol–water partition coefficient (Wildman–Crippen LogP) is 2.29. The molecule has 0 heterocycles. The maximum absolute atomic E-state index is 11.2. The first-order valence-corrected chi connectivity index (χ1v) is 6.34. The topological polar surface area (TPSA) is 71.4 Å². The van der Waals surface area contributed by atoms with E-state index in [4.69, 9.17) is 4.55 Å². The molecule has 0 radical (unpaired) electrons. The van der Waals surface area contributed by atoms with E-state index in [2.05, 4.69) is 0 Å². The zero-order valence-corrected chi connectivity index (χ0v) is 9.86. The highest BCUT2D eigenvalue weighted by Crippen LogP contribution is 2.20. The first-order chi connectivity index (χ1) is 7.88. The highest BCUT2D eigenvalue weighted by molar-refractivity contribution is 7.85. The van der Waals surface area contributed by atoms with E-state index in [9.17, 15) is 13.2 Å². The van der Waals surface area contributed by atoms with Crippen LogP contribution < -0.4 is 0 Å². The molecule has 0 amide bonds. The molecule has 1 N–H and O–H groups in total. The molecule has 0 bridgehead atoms. The van der Waals surface area contributed by atoms with Crippen LogP contribution in [0.4, 0.5) is 0 Å². The maximum Gasteiger partial charge on any atom is 0.294 e. The molecule has 0 aromatic heterocycles. The number of carbonyl (C=O) groups is 1. The van der Waals surface area contributed by atoms with Crippen LogP contribution in [-0.2, 0) is 10.1 Å². The van der Waals surface area contributed by atoms with Gasteiger partial charge in [-0.1, -0.05) is 18.2 Å². The number of carbonyl (C=O) groups excluding carboxylic acids is 1. The smallest absolute Gasteiger partial charge is 0.294 e. The van der Waals surface area contributed by atoms with Gasteiger partial charge in [-0.05, 0) is 35.9 Å². The lowest BCUT2D eigenvalue weighted by Gasteiger charge is -2.02. The van der Waals surface area contributed by atoms with Crippen molar-refractivity contribution in [3.63, 3.8) is 0 Å². The summed E-state index contributed by atoms with van der Waals surface area (Å²) in [7, 11) is -4.19. The number of fused-ring (bicyclic) bond motifs is 1. The van der Waals surface area contributed by atoms with E-state index in [-0.39, 0.29) is 10.7 Å². The molecule has 2 rings (SSSR count). The van der Waals surface area contributed by atoms with Gasteiger partial charge in [-0.2, -0.15) is 8.42 Å². The van der Waals surface area contributed by atoms with Crippen LogP contribution in [0.25, 0.3) is 10.8 Å². The van der Waals surface area contributed by atoms with Gasteiger partial charge in [0.15, 0.2) is 5.78 Å². The zero-order valence-electron chi connectivity index (χ0n) is 9.04. The first-order valence-electron chi connectivity index (χ1n) is 4.90. The van der Waals surface area contributed by atoms with Crippen molar-refractivity contribution in [1.29, 1.82) is 0 Å².